The van der Waals surface area contributed by atoms with Crippen molar-refractivity contribution in [1.29, 1.82) is 5.26 Å². The van der Waals surface area contributed by atoms with Gasteiger partial charge < -0.3 is 19.1 Å². The zero-order valence-corrected chi connectivity index (χ0v) is 18.1. The third-order valence-corrected chi connectivity index (χ3v) is 6.02. The summed E-state index contributed by atoms with van der Waals surface area (Å²) in [5.41, 5.74) is 2.25. The molecule has 0 amide bonds. The Kier molecular flexibility index (Phi) is 5.77. The van der Waals surface area contributed by atoms with E-state index in [9.17, 15) is 5.26 Å². The fraction of sp³-hybridized carbons (Fsp3) is 0.478. The molecule has 9 heteroatoms. The van der Waals surface area contributed by atoms with Gasteiger partial charge in [0.2, 0.25) is 0 Å². The second-order valence-electron chi connectivity index (χ2n) is 8.32. The summed E-state index contributed by atoms with van der Waals surface area (Å²) in [7, 11) is 0. The van der Waals surface area contributed by atoms with Gasteiger partial charge in [0.05, 0.1) is 36.9 Å². The number of nitrogens with zero attached hydrogens (tertiary/aromatic N) is 6. The van der Waals surface area contributed by atoms with Crippen molar-refractivity contribution in [3.8, 4) is 17.8 Å². The Morgan fingerprint density at radius 2 is 1.88 bits per heavy atom. The van der Waals surface area contributed by atoms with Gasteiger partial charge in [-0.05, 0) is 38.7 Å². The maximum atomic E-state index is 9.57. The highest BCUT2D eigenvalue weighted by molar-refractivity contribution is 5.72. The molecule has 1 aliphatic heterocycles. The second-order valence-corrected chi connectivity index (χ2v) is 8.32. The number of rotatable bonds is 5. The number of ether oxygens (including phenoxy) is 3. The van der Waals surface area contributed by atoms with Gasteiger partial charge in [-0.15, -0.1) is 0 Å². The monoisotopic (exact) mass is 434 g/mol. The molecule has 0 bridgehead atoms. The zero-order chi connectivity index (χ0) is 21.9. The summed E-state index contributed by atoms with van der Waals surface area (Å²) in [5, 5.41) is 14.0. The summed E-state index contributed by atoms with van der Waals surface area (Å²) in [4.78, 5) is 10.6. The Morgan fingerprint density at radius 1 is 1.12 bits per heavy atom. The molecule has 0 N–H and O–H groups in total. The van der Waals surface area contributed by atoms with Gasteiger partial charge in [0, 0.05) is 31.5 Å². The molecule has 3 aromatic heterocycles. The first-order chi connectivity index (χ1) is 15.7. The molecule has 0 radical (unpaired) electrons. The molecule has 1 unspecified atom stereocenters. The topological polar surface area (TPSA) is 97.8 Å². The van der Waals surface area contributed by atoms with E-state index in [2.05, 4.69) is 33.0 Å². The molecule has 9 nitrogen and oxygen atoms in total. The lowest BCUT2D eigenvalue weighted by Gasteiger charge is -2.33. The van der Waals surface area contributed by atoms with E-state index in [-0.39, 0.29) is 18.3 Å². The van der Waals surface area contributed by atoms with Crippen molar-refractivity contribution in [2.75, 3.05) is 24.6 Å². The lowest BCUT2D eigenvalue weighted by atomic mass is 9.95. The van der Waals surface area contributed by atoms with Crippen LogP contribution in [0.4, 0.5) is 5.69 Å². The molecule has 4 heterocycles. The first-order valence-corrected chi connectivity index (χ1v) is 11.1. The highest BCUT2D eigenvalue weighted by Gasteiger charge is 2.26. The molecule has 3 aromatic rings. The summed E-state index contributed by atoms with van der Waals surface area (Å²) in [5.74, 6) is 0.700. The van der Waals surface area contributed by atoms with E-state index >= 15 is 0 Å². The average Bonchev–Trinajstić information content (AvgIpc) is 3.24. The van der Waals surface area contributed by atoms with Gasteiger partial charge in [0.15, 0.2) is 0 Å². The Hall–Kier alpha value is -3.38. The van der Waals surface area contributed by atoms with E-state index in [0.29, 0.717) is 29.4 Å². The molecular weight excluding hydrogens is 408 g/mol. The van der Waals surface area contributed by atoms with Crippen LogP contribution in [0.25, 0.3) is 5.52 Å². The van der Waals surface area contributed by atoms with E-state index in [1.54, 1.807) is 29.2 Å². The van der Waals surface area contributed by atoms with E-state index in [1.165, 1.54) is 0 Å². The van der Waals surface area contributed by atoms with Gasteiger partial charge in [-0.1, -0.05) is 0 Å². The smallest absolute Gasteiger partial charge is 0.316 e. The Bertz CT molecular complexity index is 1100. The van der Waals surface area contributed by atoms with Crippen molar-refractivity contribution in [2.45, 2.75) is 50.9 Å². The molecule has 1 atom stereocenters. The molecule has 1 aliphatic carbocycles. The first-order valence-electron chi connectivity index (χ1n) is 11.1. The third kappa shape index (κ3) is 4.32. The van der Waals surface area contributed by atoms with Crippen LogP contribution in [0.3, 0.4) is 0 Å². The highest BCUT2D eigenvalue weighted by atomic mass is 16.5. The maximum absolute atomic E-state index is 9.57. The summed E-state index contributed by atoms with van der Waals surface area (Å²) < 4.78 is 19.8. The first kappa shape index (κ1) is 20.5. The molecule has 5 rings (SSSR count). The van der Waals surface area contributed by atoms with Crippen molar-refractivity contribution in [2.24, 2.45) is 0 Å². The van der Waals surface area contributed by atoms with Gasteiger partial charge in [-0.3, -0.25) is 0 Å². The van der Waals surface area contributed by atoms with Gasteiger partial charge >= 0.3 is 6.01 Å². The quantitative estimate of drug-likeness (QED) is 0.605. The second kappa shape index (κ2) is 9.01. The predicted octanol–water partition coefficient (Wildman–Crippen LogP) is 2.99. The number of aromatic nitrogens is 4. The summed E-state index contributed by atoms with van der Waals surface area (Å²) in [6.07, 6.45) is 10.7. The SMILES string of the molecule is CC1CN(c2cc(OC3CCC(Oc4ncccn4)CC3)c3c(C#N)cnn3c2)CCO1. The van der Waals surface area contributed by atoms with Crippen LogP contribution < -0.4 is 14.4 Å². The Morgan fingerprint density at radius 3 is 2.59 bits per heavy atom. The lowest BCUT2D eigenvalue weighted by molar-refractivity contribution is 0.0531. The average molecular weight is 435 g/mol. The van der Waals surface area contributed by atoms with Gasteiger partial charge in [-0.25, -0.2) is 14.5 Å². The minimum absolute atomic E-state index is 0.0515. The van der Waals surface area contributed by atoms with Crippen molar-refractivity contribution < 1.29 is 14.2 Å². The van der Waals surface area contributed by atoms with Crippen LogP contribution in [0.15, 0.2) is 36.9 Å². The fourth-order valence-corrected chi connectivity index (χ4v) is 4.41. The van der Waals surface area contributed by atoms with Crippen LogP contribution in [-0.4, -0.2) is 57.6 Å². The Labute approximate surface area is 186 Å². The van der Waals surface area contributed by atoms with Crippen LogP contribution in [0.2, 0.25) is 0 Å². The standard InChI is InChI=1S/C23H26N6O3/c1-16-14-28(9-10-30-16)18-11-21(22-17(12-24)13-27-29(22)15-18)31-19-3-5-20(6-4-19)32-23-25-7-2-8-26-23/h2,7-8,11,13,15-16,19-20H,3-6,9-10,14H2,1H3. The highest BCUT2D eigenvalue weighted by Crippen LogP contribution is 2.33. The molecule has 166 valence electrons. The number of hydrogen-bond acceptors (Lipinski definition) is 8. The van der Waals surface area contributed by atoms with Crippen LogP contribution in [0.5, 0.6) is 11.8 Å². The number of nitriles is 1. The minimum Gasteiger partial charge on any atom is -0.488 e. The zero-order valence-electron chi connectivity index (χ0n) is 18.1. The predicted molar refractivity (Wildman–Crippen MR) is 117 cm³/mol. The third-order valence-electron chi connectivity index (χ3n) is 6.02. The summed E-state index contributed by atoms with van der Waals surface area (Å²) in [6, 6.07) is 6.47. The molecule has 32 heavy (non-hydrogen) atoms. The van der Waals surface area contributed by atoms with Crippen molar-refractivity contribution >= 4 is 11.2 Å². The van der Waals surface area contributed by atoms with Gasteiger partial charge in [-0.2, -0.15) is 10.4 Å². The van der Waals surface area contributed by atoms with E-state index < -0.39 is 0 Å². The molecule has 1 saturated heterocycles. The largest absolute Gasteiger partial charge is 0.488 e. The molecule has 0 aromatic carbocycles. The fourth-order valence-electron chi connectivity index (χ4n) is 4.41. The molecular formula is C23H26N6O3. The van der Waals surface area contributed by atoms with Crippen LogP contribution in [0, 0.1) is 11.3 Å². The van der Waals surface area contributed by atoms with Crippen molar-refractivity contribution in [3.63, 3.8) is 0 Å². The normalized spacial score (nSPS) is 23.6. The van der Waals surface area contributed by atoms with Crippen molar-refractivity contribution in [1.82, 2.24) is 19.6 Å². The lowest BCUT2D eigenvalue weighted by Crippen LogP contribution is -2.41. The van der Waals surface area contributed by atoms with E-state index in [0.717, 1.165) is 44.5 Å². The number of pyridine rings is 1. The number of morpholine rings is 1. The van der Waals surface area contributed by atoms with Crippen LogP contribution >= 0.6 is 0 Å². The number of hydrogen-bond donors (Lipinski definition) is 0. The minimum atomic E-state index is 0.0515. The summed E-state index contributed by atoms with van der Waals surface area (Å²) >= 11 is 0. The van der Waals surface area contributed by atoms with Crippen LogP contribution in [-0.2, 0) is 4.74 Å². The van der Waals surface area contributed by atoms with Gasteiger partial charge in [0.25, 0.3) is 0 Å². The van der Waals surface area contributed by atoms with E-state index in [1.807, 2.05) is 12.3 Å². The molecule has 0 spiro atoms. The number of anilines is 1. The van der Waals surface area contributed by atoms with E-state index in [4.69, 9.17) is 14.2 Å². The maximum Gasteiger partial charge on any atom is 0.316 e. The molecule has 2 fully saturated rings. The van der Waals surface area contributed by atoms with Crippen LogP contribution in [0.1, 0.15) is 38.2 Å². The van der Waals surface area contributed by atoms with Crippen molar-refractivity contribution in [3.05, 3.63) is 42.5 Å². The Balaban J connectivity index is 1.33. The summed E-state index contributed by atoms with van der Waals surface area (Å²) in [6.45, 7) is 4.38. The number of fused-ring (bicyclic) bond motifs is 1. The molecule has 1 saturated carbocycles. The van der Waals surface area contributed by atoms with Gasteiger partial charge in [0.1, 0.15) is 29.0 Å². The molecule has 2 aliphatic rings.